The van der Waals surface area contributed by atoms with E-state index in [2.05, 4.69) is 20.9 Å². The molecule has 0 N–H and O–H groups in total. The molecular formula is C13H7BrN2O2S2. The zero-order chi connectivity index (χ0) is 14.1. The third-order valence-corrected chi connectivity index (χ3v) is 5.22. The van der Waals surface area contributed by atoms with Gasteiger partial charge in [-0.05, 0) is 40.2 Å². The van der Waals surface area contributed by atoms with Gasteiger partial charge in [0.25, 0.3) is 5.69 Å². The van der Waals surface area contributed by atoms with E-state index in [-0.39, 0.29) is 5.69 Å². The van der Waals surface area contributed by atoms with Crippen LogP contribution in [0.5, 0.6) is 0 Å². The molecule has 0 bridgehead atoms. The van der Waals surface area contributed by atoms with Gasteiger partial charge in [0.1, 0.15) is 5.01 Å². The van der Waals surface area contributed by atoms with E-state index in [1.807, 2.05) is 23.6 Å². The molecule has 0 saturated carbocycles. The lowest BCUT2D eigenvalue weighted by molar-refractivity contribution is -0.384. The molecule has 3 rings (SSSR count). The van der Waals surface area contributed by atoms with E-state index in [0.717, 1.165) is 24.6 Å². The second-order valence-corrected chi connectivity index (χ2v) is 6.88. The molecule has 0 fully saturated rings. The van der Waals surface area contributed by atoms with Crippen molar-refractivity contribution >= 4 is 66.7 Å². The fraction of sp³-hybridized carbons (Fsp3) is 0. The van der Waals surface area contributed by atoms with Crippen molar-refractivity contribution in [3.8, 4) is 0 Å². The molecule has 2 heterocycles. The standard InChI is InChI=1S/C13H7BrN2O2S2/c14-8-5-10(19-7-8)2-4-13-15-11-3-1-9(16(17)18)6-12(11)20-13/h1-7H/b4-2+. The third kappa shape index (κ3) is 2.79. The number of aromatic nitrogens is 1. The Kier molecular flexibility index (Phi) is 3.64. The number of nitro groups is 1. The molecule has 0 aliphatic heterocycles. The topological polar surface area (TPSA) is 56.0 Å². The van der Waals surface area contributed by atoms with Crippen LogP contribution in [0.2, 0.25) is 0 Å². The average molecular weight is 367 g/mol. The maximum Gasteiger partial charge on any atom is 0.270 e. The molecule has 0 amide bonds. The molecular weight excluding hydrogens is 360 g/mol. The number of thiophene rings is 1. The largest absolute Gasteiger partial charge is 0.270 e. The minimum absolute atomic E-state index is 0.0962. The van der Waals surface area contributed by atoms with Gasteiger partial charge in [-0.2, -0.15) is 0 Å². The van der Waals surface area contributed by atoms with E-state index < -0.39 is 4.92 Å². The Morgan fingerprint density at radius 3 is 2.85 bits per heavy atom. The van der Waals surface area contributed by atoms with E-state index in [9.17, 15) is 10.1 Å². The van der Waals surface area contributed by atoms with Gasteiger partial charge in [0.05, 0.1) is 15.1 Å². The second-order valence-electron chi connectivity index (χ2n) is 3.96. The highest BCUT2D eigenvalue weighted by molar-refractivity contribution is 9.10. The average Bonchev–Trinajstić information content (AvgIpc) is 3.00. The van der Waals surface area contributed by atoms with Gasteiger partial charge < -0.3 is 0 Å². The molecule has 7 heteroatoms. The van der Waals surface area contributed by atoms with Crippen molar-refractivity contribution in [3.05, 3.63) is 54.1 Å². The summed E-state index contributed by atoms with van der Waals surface area (Å²) in [6.45, 7) is 0. The first-order valence-corrected chi connectivity index (χ1v) is 8.08. The summed E-state index contributed by atoms with van der Waals surface area (Å²) < 4.78 is 1.88. The molecule has 0 unspecified atom stereocenters. The van der Waals surface area contributed by atoms with Crippen LogP contribution in [-0.2, 0) is 0 Å². The summed E-state index contributed by atoms with van der Waals surface area (Å²) in [6.07, 6.45) is 3.91. The number of halogens is 1. The minimum Gasteiger partial charge on any atom is -0.258 e. The third-order valence-electron chi connectivity index (χ3n) is 2.58. The highest BCUT2D eigenvalue weighted by Gasteiger charge is 2.09. The van der Waals surface area contributed by atoms with Crippen molar-refractivity contribution in [3.63, 3.8) is 0 Å². The Morgan fingerprint density at radius 1 is 1.30 bits per heavy atom. The summed E-state index contributed by atoms with van der Waals surface area (Å²) in [5.74, 6) is 0. The van der Waals surface area contributed by atoms with E-state index in [1.165, 1.54) is 17.4 Å². The number of nitro benzene ring substituents is 1. The monoisotopic (exact) mass is 366 g/mol. The van der Waals surface area contributed by atoms with Crippen molar-refractivity contribution in [2.45, 2.75) is 0 Å². The van der Waals surface area contributed by atoms with Crippen LogP contribution in [0.15, 0.2) is 34.1 Å². The van der Waals surface area contributed by atoms with E-state index >= 15 is 0 Å². The summed E-state index contributed by atoms with van der Waals surface area (Å²) in [6, 6.07) is 6.75. The fourth-order valence-corrected chi connectivity index (χ4v) is 3.93. The SMILES string of the molecule is O=[N+]([O-])c1ccc2nc(/C=C/c3cc(Br)cs3)sc2c1. The van der Waals surface area contributed by atoms with Crippen molar-refractivity contribution < 1.29 is 4.92 Å². The predicted octanol–water partition coefficient (Wildman–Crippen LogP) is 5.20. The summed E-state index contributed by atoms with van der Waals surface area (Å²) in [4.78, 5) is 15.9. The lowest BCUT2D eigenvalue weighted by atomic mass is 10.3. The van der Waals surface area contributed by atoms with Crippen molar-refractivity contribution in [1.82, 2.24) is 4.98 Å². The van der Waals surface area contributed by atoms with Crippen molar-refractivity contribution in [2.24, 2.45) is 0 Å². The molecule has 3 aromatic rings. The van der Waals surface area contributed by atoms with Gasteiger partial charge in [0, 0.05) is 26.9 Å². The zero-order valence-electron chi connectivity index (χ0n) is 9.95. The number of non-ortho nitro benzene ring substituents is 1. The first-order valence-electron chi connectivity index (χ1n) is 5.59. The van der Waals surface area contributed by atoms with Gasteiger partial charge in [-0.15, -0.1) is 22.7 Å². The van der Waals surface area contributed by atoms with Crippen molar-refractivity contribution in [2.75, 3.05) is 0 Å². The number of nitrogens with zero attached hydrogens (tertiary/aromatic N) is 2. The van der Waals surface area contributed by atoms with Crippen LogP contribution in [0.25, 0.3) is 22.4 Å². The second kappa shape index (κ2) is 5.43. The zero-order valence-corrected chi connectivity index (χ0v) is 13.2. The number of hydrogen-bond acceptors (Lipinski definition) is 5. The van der Waals surface area contributed by atoms with Gasteiger partial charge >= 0.3 is 0 Å². The highest BCUT2D eigenvalue weighted by atomic mass is 79.9. The Labute approximate surface area is 130 Å². The number of fused-ring (bicyclic) bond motifs is 1. The number of thiazole rings is 1. The quantitative estimate of drug-likeness (QED) is 0.472. The molecule has 0 radical (unpaired) electrons. The lowest BCUT2D eigenvalue weighted by Crippen LogP contribution is -1.85. The normalized spacial score (nSPS) is 11.4. The van der Waals surface area contributed by atoms with E-state index in [0.29, 0.717) is 0 Å². The predicted molar refractivity (Wildman–Crippen MR) is 87.2 cm³/mol. The molecule has 20 heavy (non-hydrogen) atoms. The van der Waals surface area contributed by atoms with Gasteiger partial charge in [-0.3, -0.25) is 10.1 Å². The first kappa shape index (κ1) is 13.4. The Hall–Kier alpha value is -1.57. The maximum absolute atomic E-state index is 10.7. The van der Waals surface area contributed by atoms with Crippen LogP contribution in [0.1, 0.15) is 9.88 Å². The molecule has 2 aromatic heterocycles. The van der Waals surface area contributed by atoms with Crippen LogP contribution in [0.4, 0.5) is 5.69 Å². The Morgan fingerprint density at radius 2 is 2.15 bits per heavy atom. The van der Waals surface area contributed by atoms with Crippen LogP contribution in [0.3, 0.4) is 0 Å². The van der Waals surface area contributed by atoms with Gasteiger partial charge in [-0.1, -0.05) is 0 Å². The molecule has 0 aliphatic rings. The van der Waals surface area contributed by atoms with E-state index in [4.69, 9.17) is 0 Å². The molecule has 0 saturated heterocycles. The number of benzene rings is 1. The van der Waals surface area contributed by atoms with Crippen LogP contribution in [0, 0.1) is 10.1 Å². The summed E-state index contributed by atoms with van der Waals surface area (Å²) in [5.41, 5.74) is 0.881. The number of hydrogen-bond donors (Lipinski definition) is 0. The molecule has 0 spiro atoms. The molecule has 100 valence electrons. The molecule has 4 nitrogen and oxygen atoms in total. The van der Waals surface area contributed by atoms with Gasteiger partial charge in [0.2, 0.25) is 0 Å². The molecule has 0 aliphatic carbocycles. The Balaban J connectivity index is 1.92. The minimum atomic E-state index is -0.391. The maximum atomic E-state index is 10.7. The molecule has 0 atom stereocenters. The first-order chi connectivity index (χ1) is 9.61. The summed E-state index contributed by atoms with van der Waals surface area (Å²) in [5, 5.41) is 13.6. The molecule has 1 aromatic carbocycles. The Bertz CT molecular complexity index is 823. The number of rotatable bonds is 3. The van der Waals surface area contributed by atoms with Crippen molar-refractivity contribution in [1.29, 1.82) is 0 Å². The fourth-order valence-electron chi connectivity index (χ4n) is 1.69. The van der Waals surface area contributed by atoms with Gasteiger partial charge in [0.15, 0.2) is 0 Å². The van der Waals surface area contributed by atoms with Gasteiger partial charge in [-0.25, -0.2) is 4.98 Å². The lowest BCUT2D eigenvalue weighted by Gasteiger charge is -1.88. The van der Waals surface area contributed by atoms with Crippen LogP contribution < -0.4 is 0 Å². The summed E-state index contributed by atoms with van der Waals surface area (Å²) in [7, 11) is 0. The summed E-state index contributed by atoms with van der Waals surface area (Å²) >= 11 is 6.49. The van der Waals surface area contributed by atoms with Crippen LogP contribution in [-0.4, -0.2) is 9.91 Å². The van der Waals surface area contributed by atoms with Crippen LogP contribution >= 0.6 is 38.6 Å². The smallest absolute Gasteiger partial charge is 0.258 e. The highest BCUT2D eigenvalue weighted by Crippen LogP contribution is 2.28. The van der Waals surface area contributed by atoms with E-state index in [1.54, 1.807) is 23.5 Å².